The fourth-order valence-electron chi connectivity index (χ4n) is 2.09. The zero-order valence-electron chi connectivity index (χ0n) is 15.4. The van der Waals surface area contributed by atoms with Crippen molar-refractivity contribution in [2.75, 3.05) is 13.2 Å². The van der Waals surface area contributed by atoms with Crippen LogP contribution in [0.5, 0.6) is 0 Å². The van der Waals surface area contributed by atoms with Gasteiger partial charge in [-0.2, -0.15) is 0 Å². The van der Waals surface area contributed by atoms with Crippen molar-refractivity contribution in [1.29, 1.82) is 0 Å². The number of nitrogens with zero attached hydrogens (tertiary/aromatic N) is 1. The molecular formula is C19H23FN2O3S. The van der Waals surface area contributed by atoms with Crippen LogP contribution in [-0.4, -0.2) is 30.0 Å². The summed E-state index contributed by atoms with van der Waals surface area (Å²) >= 11 is 1.52. The summed E-state index contributed by atoms with van der Waals surface area (Å²) in [6.07, 6.45) is 0.629. The first kappa shape index (κ1) is 20.0. The maximum absolute atomic E-state index is 13.0. The van der Waals surface area contributed by atoms with Crippen LogP contribution in [0, 0.1) is 18.2 Å². The molecule has 0 aliphatic rings. The number of rotatable bonds is 6. The van der Waals surface area contributed by atoms with Crippen molar-refractivity contribution in [3.05, 3.63) is 40.7 Å². The van der Waals surface area contributed by atoms with E-state index in [-0.39, 0.29) is 18.3 Å². The Morgan fingerprint density at radius 1 is 1.23 bits per heavy atom. The quantitative estimate of drug-likeness (QED) is 0.781. The van der Waals surface area contributed by atoms with E-state index in [1.807, 2.05) is 6.92 Å². The molecule has 0 radical (unpaired) electrons. The molecule has 1 amide bonds. The van der Waals surface area contributed by atoms with Gasteiger partial charge in [0.2, 0.25) is 0 Å². The predicted molar refractivity (Wildman–Crippen MR) is 99.4 cm³/mol. The first-order valence-electron chi connectivity index (χ1n) is 8.33. The summed E-state index contributed by atoms with van der Waals surface area (Å²) in [5.41, 5.74) is 1.13. The molecule has 2 rings (SSSR count). The highest BCUT2D eigenvalue weighted by Crippen LogP contribution is 2.28. The molecule has 0 aliphatic heterocycles. The molecule has 1 aromatic heterocycles. The van der Waals surface area contributed by atoms with E-state index in [0.717, 1.165) is 21.1 Å². The Hall–Kier alpha value is -2.28. The Bertz CT molecular complexity index is 779. The molecule has 0 atom stereocenters. The molecule has 2 aromatic rings. The summed E-state index contributed by atoms with van der Waals surface area (Å²) in [5.74, 6) is -1.02. The van der Waals surface area contributed by atoms with Crippen molar-refractivity contribution in [3.63, 3.8) is 0 Å². The molecule has 0 aliphatic carbocycles. The van der Waals surface area contributed by atoms with Gasteiger partial charge < -0.3 is 10.1 Å². The van der Waals surface area contributed by atoms with Crippen molar-refractivity contribution in [2.45, 2.75) is 34.1 Å². The Kier molecular flexibility index (Phi) is 6.47. The first-order valence-corrected chi connectivity index (χ1v) is 9.14. The smallest absolute Gasteiger partial charge is 0.311 e. The van der Waals surface area contributed by atoms with Gasteiger partial charge in [-0.1, -0.05) is 0 Å². The zero-order valence-corrected chi connectivity index (χ0v) is 16.2. The second kappa shape index (κ2) is 8.40. The molecule has 5 nitrogen and oxygen atoms in total. The third kappa shape index (κ3) is 5.62. The number of carbonyl (C=O) groups is 2. The number of aryl methyl sites for hydroxylation is 1. The van der Waals surface area contributed by atoms with E-state index in [1.54, 1.807) is 32.9 Å². The molecule has 0 saturated heterocycles. The van der Waals surface area contributed by atoms with E-state index in [0.29, 0.717) is 13.0 Å². The third-order valence-corrected chi connectivity index (χ3v) is 4.87. The van der Waals surface area contributed by atoms with Gasteiger partial charge in [0.15, 0.2) is 6.61 Å². The van der Waals surface area contributed by atoms with Gasteiger partial charge in [0, 0.05) is 23.4 Å². The van der Waals surface area contributed by atoms with Gasteiger partial charge in [-0.05, 0) is 52.0 Å². The van der Waals surface area contributed by atoms with Crippen LogP contribution in [0.4, 0.5) is 4.39 Å². The number of ether oxygens (including phenoxy) is 1. The van der Waals surface area contributed by atoms with Crippen LogP contribution in [0.2, 0.25) is 0 Å². The lowest BCUT2D eigenvalue weighted by atomic mass is 9.97. The summed E-state index contributed by atoms with van der Waals surface area (Å²) in [5, 5.41) is 3.56. The van der Waals surface area contributed by atoms with Crippen molar-refractivity contribution < 1.29 is 18.7 Å². The van der Waals surface area contributed by atoms with Gasteiger partial charge >= 0.3 is 5.97 Å². The molecule has 0 saturated carbocycles. The second-order valence-corrected chi connectivity index (χ2v) is 8.04. The van der Waals surface area contributed by atoms with Gasteiger partial charge in [-0.15, -0.1) is 11.3 Å². The molecule has 140 valence electrons. The number of hydrogen-bond donors (Lipinski definition) is 1. The SMILES string of the molecule is Cc1nc(-c2ccc(F)cc2)sc1CCNC(=O)COC(=O)C(C)(C)C. The van der Waals surface area contributed by atoms with Crippen molar-refractivity contribution in [2.24, 2.45) is 5.41 Å². The zero-order chi connectivity index (χ0) is 19.3. The van der Waals surface area contributed by atoms with E-state index in [2.05, 4.69) is 10.3 Å². The second-order valence-electron chi connectivity index (χ2n) is 6.96. The fourth-order valence-corrected chi connectivity index (χ4v) is 3.16. The molecule has 7 heteroatoms. The Morgan fingerprint density at radius 3 is 2.50 bits per heavy atom. The van der Waals surface area contributed by atoms with E-state index in [9.17, 15) is 14.0 Å². The van der Waals surface area contributed by atoms with Crippen LogP contribution in [0.1, 0.15) is 31.3 Å². The average molecular weight is 378 g/mol. The standard InChI is InChI=1S/C19H23FN2O3S/c1-12-15(26-17(22-12)13-5-7-14(20)8-6-13)9-10-21-16(23)11-25-18(24)19(2,3)4/h5-8H,9-11H2,1-4H3,(H,21,23). The minimum Gasteiger partial charge on any atom is -0.455 e. The lowest BCUT2D eigenvalue weighted by Crippen LogP contribution is -2.33. The number of amides is 1. The number of nitrogens with one attached hydrogen (secondary N) is 1. The number of hydrogen-bond acceptors (Lipinski definition) is 5. The summed E-state index contributed by atoms with van der Waals surface area (Å²) in [7, 11) is 0. The minimum atomic E-state index is -0.628. The lowest BCUT2D eigenvalue weighted by molar-refractivity contribution is -0.156. The monoisotopic (exact) mass is 378 g/mol. The van der Waals surface area contributed by atoms with Crippen molar-refractivity contribution in [3.8, 4) is 10.6 Å². The highest BCUT2D eigenvalue weighted by Gasteiger charge is 2.23. The number of thiazole rings is 1. The van der Waals surface area contributed by atoms with Gasteiger partial charge in [-0.3, -0.25) is 9.59 Å². The van der Waals surface area contributed by atoms with Crippen LogP contribution in [-0.2, 0) is 20.7 Å². The molecule has 1 N–H and O–H groups in total. The van der Waals surface area contributed by atoms with Crippen LogP contribution in [0.25, 0.3) is 10.6 Å². The third-order valence-electron chi connectivity index (χ3n) is 3.60. The first-order chi connectivity index (χ1) is 12.2. The molecule has 0 unspecified atom stereocenters. The maximum Gasteiger partial charge on any atom is 0.311 e. The number of esters is 1. The van der Waals surface area contributed by atoms with E-state index < -0.39 is 11.4 Å². The number of benzene rings is 1. The van der Waals surface area contributed by atoms with Crippen LogP contribution in [0.15, 0.2) is 24.3 Å². The summed E-state index contributed by atoms with van der Waals surface area (Å²) < 4.78 is 18.0. The van der Waals surface area contributed by atoms with Crippen LogP contribution in [0.3, 0.4) is 0 Å². The number of halogens is 1. The average Bonchev–Trinajstić information content (AvgIpc) is 2.93. The summed E-state index contributed by atoms with van der Waals surface area (Å²) in [6, 6.07) is 6.21. The van der Waals surface area contributed by atoms with Crippen molar-refractivity contribution in [1.82, 2.24) is 10.3 Å². The van der Waals surface area contributed by atoms with Gasteiger partial charge in [0.05, 0.1) is 11.1 Å². The molecule has 1 aromatic carbocycles. The molecular weight excluding hydrogens is 355 g/mol. The van der Waals surface area contributed by atoms with E-state index >= 15 is 0 Å². The predicted octanol–water partition coefficient (Wildman–Crippen LogP) is 3.51. The molecule has 26 heavy (non-hydrogen) atoms. The van der Waals surface area contributed by atoms with Crippen molar-refractivity contribution >= 4 is 23.2 Å². The van der Waals surface area contributed by atoms with Crippen LogP contribution < -0.4 is 5.32 Å². The molecule has 1 heterocycles. The van der Waals surface area contributed by atoms with Gasteiger partial charge in [0.1, 0.15) is 10.8 Å². The lowest BCUT2D eigenvalue weighted by Gasteiger charge is -2.16. The van der Waals surface area contributed by atoms with E-state index in [1.165, 1.54) is 23.5 Å². The minimum absolute atomic E-state index is 0.279. The Labute approximate surface area is 156 Å². The Morgan fingerprint density at radius 2 is 1.88 bits per heavy atom. The summed E-state index contributed by atoms with van der Waals surface area (Å²) in [4.78, 5) is 29.0. The highest BCUT2D eigenvalue weighted by molar-refractivity contribution is 7.15. The van der Waals surface area contributed by atoms with Crippen LogP contribution >= 0.6 is 11.3 Å². The van der Waals surface area contributed by atoms with Gasteiger partial charge in [0.25, 0.3) is 5.91 Å². The highest BCUT2D eigenvalue weighted by atomic mass is 32.1. The summed E-state index contributed by atoms with van der Waals surface area (Å²) in [6.45, 7) is 7.26. The number of carbonyl (C=O) groups excluding carboxylic acids is 2. The van der Waals surface area contributed by atoms with E-state index in [4.69, 9.17) is 4.74 Å². The number of aromatic nitrogens is 1. The molecule has 0 spiro atoms. The van der Waals surface area contributed by atoms with Gasteiger partial charge in [-0.25, -0.2) is 9.37 Å². The normalized spacial score (nSPS) is 11.3. The fraction of sp³-hybridized carbons (Fsp3) is 0.421. The topological polar surface area (TPSA) is 68.3 Å². The Balaban J connectivity index is 1.84. The molecule has 0 bridgehead atoms. The maximum atomic E-state index is 13.0. The largest absolute Gasteiger partial charge is 0.455 e. The molecule has 0 fully saturated rings.